The van der Waals surface area contributed by atoms with E-state index in [0.29, 0.717) is 38.8 Å². The number of hydrogen-bond donors (Lipinski definition) is 4. The number of rotatable bonds is 4. The molecule has 1 saturated carbocycles. The highest BCUT2D eigenvalue weighted by molar-refractivity contribution is 5.77. The first-order chi connectivity index (χ1) is 19.0. The molecule has 0 aromatic heterocycles. The average molecular weight is 640 g/mol. The molecule has 12 heteroatoms. The summed E-state index contributed by atoms with van der Waals surface area (Å²) >= 11 is 0. The van der Waals surface area contributed by atoms with Crippen molar-refractivity contribution in [2.75, 3.05) is 26.3 Å². The number of amides is 1. The molecule has 0 spiro atoms. The van der Waals surface area contributed by atoms with Crippen LogP contribution in [0.4, 0.5) is 14.4 Å². The van der Waals surface area contributed by atoms with Crippen molar-refractivity contribution in [3.8, 4) is 0 Å². The molecule has 0 aromatic rings. The summed E-state index contributed by atoms with van der Waals surface area (Å²) in [6, 6.07) is 0. The maximum Gasteiger partial charge on any atom is 0.519 e. The van der Waals surface area contributed by atoms with Crippen LogP contribution in [-0.4, -0.2) is 98.0 Å². The van der Waals surface area contributed by atoms with Crippen LogP contribution >= 0.6 is 0 Å². The van der Waals surface area contributed by atoms with E-state index in [1.54, 1.807) is 46.4 Å². The molecule has 2 aliphatic rings. The van der Waals surface area contributed by atoms with Gasteiger partial charge in [0.05, 0.1) is 11.2 Å². The van der Waals surface area contributed by atoms with Gasteiger partial charge in [0.2, 0.25) is 0 Å². The minimum atomic E-state index is -1.06. The summed E-state index contributed by atoms with van der Waals surface area (Å²) in [5.41, 5.74) is -3.23. The van der Waals surface area contributed by atoms with Crippen molar-refractivity contribution in [3.63, 3.8) is 0 Å². The predicted molar refractivity (Wildman–Crippen MR) is 170 cm³/mol. The SMILES string of the molecule is C.C.CC(C)(C)OC(=O)N1CCC(O)(CCO)CC1.CC(C)(C)OC(=O)OC(=O)OC(C)(C)C.OCCC1(O)CCCCC1. The molecular weight excluding hydrogens is 574 g/mol. The Bertz CT molecular complexity index is 780. The Hall–Kier alpha value is -2.15. The van der Waals surface area contributed by atoms with Crippen molar-refractivity contribution in [1.82, 2.24) is 4.90 Å². The molecule has 44 heavy (non-hydrogen) atoms. The van der Waals surface area contributed by atoms with Crippen LogP contribution in [-0.2, 0) is 18.9 Å². The molecule has 0 unspecified atom stereocenters. The first-order valence-electron chi connectivity index (χ1n) is 14.8. The van der Waals surface area contributed by atoms with E-state index in [4.69, 9.17) is 24.4 Å². The second-order valence-electron chi connectivity index (χ2n) is 14.0. The van der Waals surface area contributed by atoms with Crippen molar-refractivity contribution in [2.45, 2.75) is 163 Å². The minimum Gasteiger partial charge on any atom is -0.444 e. The van der Waals surface area contributed by atoms with E-state index in [0.717, 1.165) is 25.7 Å². The van der Waals surface area contributed by atoms with Crippen molar-refractivity contribution in [3.05, 3.63) is 0 Å². The van der Waals surface area contributed by atoms with Gasteiger partial charge in [-0.15, -0.1) is 0 Å². The number of nitrogens with zero attached hydrogens (tertiary/aromatic N) is 1. The van der Waals surface area contributed by atoms with Gasteiger partial charge in [-0.05, 0) is 101 Å². The number of piperidine rings is 1. The lowest BCUT2D eigenvalue weighted by Crippen LogP contribution is -2.48. The monoisotopic (exact) mass is 639 g/mol. The van der Waals surface area contributed by atoms with E-state index in [9.17, 15) is 24.6 Å². The van der Waals surface area contributed by atoms with Crippen molar-refractivity contribution in [2.24, 2.45) is 0 Å². The standard InChI is InChI=1S/C12H23NO4.C10H18O5.C8H16O2.2CH4/c1-11(2,3)17-10(15)13-7-4-12(16,5-8-13)6-9-14;1-9(2,3)14-7(11)13-8(12)15-10(4,5)6;9-7-6-8(10)4-2-1-3-5-8;;/h14,16H,4-9H2,1-3H3;1-6H3;9-10H,1-7H2;2*1H4. The number of carbonyl (C=O) groups is 3. The van der Waals surface area contributed by atoms with E-state index in [-0.39, 0.29) is 34.2 Å². The largest absolute Gasteiger partial charge is 0.519 e. The fourth-order valence-electron chi connectivity index (χ4n) is 4.17. The zero-order valence-electron chi connectivity index (χ0n) is 27.3. The third kappa shape index (κ3) is 23.3. The Kier molecular flexibility index (Phi) is 21.1. The van der Waals surface area contributed by atoms with E-state index in [1.807, 2.05) is 20.8 Å². The molecule has 0 aromatic carbocycles. The fourth-order valence-corrected chi connectivity index (χ4v) is 4.17. The summed E-state index contributed by atoms with van der Waals surface area (Å²) in [5, 5.41) is 37.2. The van der Waals surface area contributed by atoms with Gasteiger partial charge in [-0.3, -0.25) is 0 Å². The van der Waals surface area contributed by atoms with E-state index < -0.39 is 40.3 Å². The summed E-state index contributed by atoms with van der Waals surface area (Å²) < 4.78 is 19.1. The van der Waals surface area contributed by atoms with Crippen LogP contribution < -0.4 is 0 Å². The van der Waals surface area contributed by atoms with Gasteiger partial charge >= 0.3 is 18.4 Å². The van der Waals surface area contributed by atoms with Crippen LogP contribution in [0.1, 0.15) is 135 Å². The molecule has 1 saturated heterocycles. The van der Waals surface area contributed by atoms with Gasteiger partial charge < -0.3 is 44.3 Å². The highest BCUT2D eigenvalue weighted by atomic mass is 16.8. The topological polar surface area (TPSA) is 172 Å². The van der Waals surface area contributed by atoms with Gasteiger partial charge in [0.1, 0.15) is 16.8 Å². The minimum absolute atomic E-state index is 0. The summed E-state index contributed by atoms with van der Waals surface area (Å²) in [4.78, 5) is 35.4. The van der Waals surface area contributed by atoms with Crippen LogP contribution in [0.3, 0.4) is 0 Å². The molecular formula is C32H65NO11. The molecule has 264 valence electrons. The molecule has 12 nitrogen and oxygen atoms in total. The van der Waals surface area contributed by atoms with Gasteiger partial charge in [-0.1, -0.05) is 34.1 Å². The highest BCUT2D eigenvalue weighted by Crippen LogP contribution is 2.30. The van der Waals surface area contributed by atoms with Crippen LogP contribution in [0.2, 0.25) is 0 Å². The number of aliphatic hydroxyl groups excluding tert-OH is 2. The Balaban J connectivity index is -0.000000577. The number of ether oxygens (including phenoxy) is 4. The van der Waals surface area contributed by atoms with Gasteiger partial charge in [0, 0.05) is 26.3 Å². The maximum absolute atomic E-state index is 11.8. The number of hydrogen-bond acceptors (Lipinski definition) is 11. The summed E-state index contributed by atoms with van der Waals surface area (Å²) in [6.45, 7) is 16.6. The second-order valence-corrected chi connectivity index (χ2v) is 14.0. The molecule has 1 aliphatic carbocycles. The summed E-state index contributed by atoms with van der Waals surface area (Å²) in [5.74, 6) is 0. The molecule has 0 radical (unpaired) electrons. The smallest absolute Gasteiger partial charge is 0.444 e. The first-order valence-corrected chi connectivity index (χ1v) is 14.8. The molecule has 0 bridgehead atoms. The summed E-state index contributed by atoms with van der Waals surface area (Å²) in [6.07, 6.45) is 4.72. The third-order valence-electron chi connectivity index (χ3n) is 6.23. The van der Waals surface area contributed by atoms with E-state index in [1.165, 1.54) is 6.42 Å². The quantitative estimate of drug-likeness (QED) is 0.154. The van der Waals surface area contributed by atoms with E-state index >= 15 is 0 Å². The maximum atomic E-state index is 11.8. The van der Waals surface area contributed by atoms with Gasteiger partial charge in [0.15, 0.2) is 0 Å². The molecule has 2 rings (SSSR count). The summed E-state index contributed by atoms with van der Waals surface area (Å²) in [7, 11) is 0. The zero-order chi connectivity index (χ0) is 32.8. The Labute approximate surface area is 266 Å². The molecule has 1 amide bonds. The van der Waals surface area contributed by atoms with Gasteiger partial charge in [0.25, 0.3) is 0 Å². The van der Waals surface area contributed by atoms with Crippen molar-refractivity contribution >= 4 is 18.4 Å². The van der Waals surface area contributed by atoms with Crippen LogP contribution in [0.15, 0.2) is 0 Å². The first kappa shape index (κ1) is 46.3. The molecule has 0 atom stereocenters. The lowest BCUT2D eigenvalue weighted by molar-refractivity contribution is -0.0438. The Morgan fingerprint density at radius 1 is 0.614 bits per heavy atom. The third-order valence-corrected chi connectivity index (χ3v) is 6.23. The number of aliphatic hydroxyl groups is 4. The van der Waals surface area contributed by atoms with Crippen LogP contribution in [0.25, 0.3) is 0 Å². The van der Waals surface area contributed by atoms with Crippen molar-refractivity contribution < 1.29 is 53.8 Å². The lowest BCUT2D eigenvalue weighted by Gasteiger charge is -2.38. The van der Waals surface area contributed by atoms with Gasteiger partial charge in [-0.25, -0.2) is 14.4 Å². The number of carbonyl (C=O) groups excluding carboxylic acids is 3. The normalized spacial score (nSPS) is 17.4. The van der Waals surface area contributed by atoms with E-state index in [2.05, 4.69) is 4.74 Å². The zero-order valence-corrected chi connectivity index (χ0v) is 27.3. The van der Waals surface area contributed by atoms with Crippen LogP contribution in [0, 0.1) is 0 Å². The number of likely N-dealkylation sites (tertiary alicyclic amines) is 1. The van der Waals surface area contributed by atoms with Crippen molar-refractivity contribution in [1.29, 1.82) is 0 Å². The molecule has 2 fully saturated rings. The predicted octanol–water partition coefficient (Wildman–Crippen LogP) is 6.34. The molecule has 1 heterocycles. The molecule has 1 aliphatic heterocycles. The Morgan fingerprint density at radius 3 is 1.27 bits per heavy atom. The highest BCUT2D eigenvalue weighted by Gasteiger charge is 2.35. The Morgan fingerprint density at radius 2 is 0.955 bits per heavy atom. The van der Waals surface area contributed by atoms with Gasteiger partial charge in [-0.2, -0.15) is 0 Å². The average Bonchev–Trinajstić information content (AvgIpc) is 2.77. The van der Waals surface area contributed by atoms with Crippen LogP contribution in [0.5, 0.6) is 0 Å². The fraction of sp³-hybridized carbons (Fsp3) is 0.906. The molecule has 4 N–H and O–H groups in total. The second kappa shape index (κ2) is 20.1. The lowest BCUT2D eigenvalue weighted by atomic mass is 9.83.